The molecular formula is C13H13N3O4. The van der Waals surface area contributed by atoms with E-state index in [0.717, 1.165) is 0 Å². The molecule has 1 saturated heterocycles. The Kier molecular flexibility index (Phi) is 3.79. The summed E-state index contributed by atoms with van der Waals surface area (Å²) < 4.78 is 0. The Morgan fingerprint density at radius 1 is 1.30 bits per heavy atom. The first-order valence-electron chi connectivity index (χ1n) is 5.98. The van der Waals surface area contributed by atoms with Crippen molar-refractivity contribution in [3.63, 3.8) is 0 Å². The van der Waals surface area contributed by atoms with Gasteiger partial charge in [-0.15, -0.1) is 0 Å². The van der Waals surface area contributed by atoms with E-state index in [4.69, 9.17) is 0 Å². The van der Waals surface area contributed by atoms with E-state index in [-0.39, 0.29) is 12.3 Å². The Bertz CT molecular complexity index is 597. The zero-order valence-corrected chi connectivity index (χ0v) is 10.7. The molecule has 1 heterocycles. The molecule has 20 heavy (non-hydrogen) atoms. The maximum absolute atomic E-state index is 12.0. The molecule has 0 saturated carbocycles. The highest BCUT2D eigenvalue weighted by atomic mass is 16.2. The van der Waals surface area contributed by atoms with Crippen LogP contribution in [0.25, 0.3) is 0 Å². The van der Waals surface area contributed by atoms with Crippen LogP contribution in [0.2, 0.25) is 0 Å². The van der Waals surface area contributed by atoms with Crippen molar-refractivity contribution in [2.75, 3.05) is 5.32 Å². The minimum Gasteiger partial charge on any atom is -0.340 e. The van der Waals surface area contributed by atoms with Gasteiger partial charge in [-0.2, -0.15) is 0 Å². The number of benzene rings is 1. The molecule has 2 rings (SSSR count). The quantitative estimate of drug-likeness (QED) is 0.664. The van der Waals surface area contributed by atoms with Gasteiger partial charge in [-0.25, -0.2) is 0 Å². The second-order valence-electron chi connectivity index (χ2n) is 4.40. The molecule has 1 aliphatic rings. The summed E-state index contributed by atoms with van der Waals surface area (Å²) in [7, 11) is 0. The number of hydrogen-bond donors (Lipinski definition) is 3. The zero-order chi connectivity index (χ0) is 14.7. The van der Waals surface area contributed by atoms with Crippen molar-refractivity contribution in [2.24, 2.45) is 0 Å². The number of carbonyl (C=O) groups is 4. The average Bonchev–Trinajstić information content (AvgIpc) is 2.67. The van der Waals surface area contributed by atoms with Gasteiger partial charge in [0.05, 0.1) is 6.42 Å². The lowest BCUT2D eigenvalue weighted by atomic mass is 10.1. The van der Waals surface area contributed by atoms with Crippen LogP contribution in [0.4, 0.5) is 5.69 Å². The van der Waals surface area contributed by atoms with Crippen molar-refractivity contribution in [1.29, 1.82) is 0 Å². The lowest BCUT2D eigenvalue weighted by Gasteiger charge is -2.10. The van der Waals surface area contributed by atoms with Crippen LogP contribution in [0.15, 0.2) is 24.3 Å². The van der Waals surface area contributed by atoms with Gasteiger partial charge in [-0.05, 0) is 18.2 Å². The average molecular weight is 275 g/mol. The van der Waals surface area contributed by atoms with Crippen LogP contribution in [-0.2, 0) is 14.4 Å². The highest BCUT2D eigenvalue weighted by Crippen LogP contribution is 2.11. The van der Waals surface area contributed by atoms with Crippen LogP contribution < -0.4 is 16.0 Å². The fourth-order valence-electron chi connectivity index (χ4n) is 1.85. The molecule has 0 aromatic heterocycles. The maximum atomic E-state index is 12.0. The number of anilines is 1. The van der Waals surface area contributed by atoms with Crippen LogP contribution in [0.3, 0.4) is 0 Å². The van der Waals surface area contributed by atoms with E-state index in [1.54, 1.807) is 18.2 Å². The number of rotatable bonds is 3. The van der Waals surface area contributed by atoms with Gasteiger partial charge < -0.3 is 10.6 Å². The van der Waals surface area contributed by atoms with Crippen LogP contribution in [0, 0.1) is 0 Å². The largest absolute Gasteiger partial charge is 0.340 e. The van der Waals surface area contributed by atoms with E-state index >= 15 is 0 Å². The SMILES string of the molecule is CC(=O)Nc1cccc(C(=O)NC2CC(=O)NC2=O)c1. The van der Waals surface area contributed by atoms with E-state index in [0.29, 0.717) is 11.3 Å². The number of amides is 4. The summed E-state index contributed by atoms with van der Waals surface area (Å²) in [5.74, 6) is -1.65. The van der Waals surface area contributed by atoms with Crippen molar-refractivity contribution < 1.29 is 19.2 Å². The summed E-state index contributed by atoms with van der Waals surface area (Å²) >= 11 is 0. The standard InChI is InChI=1S/C13H13N3O4/c1-7(17)14-9-4-2-3-8(5-9)12(19)15-10-6-11(18)16-13(10)20/h2-5,10H,6H2,1H3,(H,14,17)(H,15,19)(H,16,18,20). The highest BCUT2D eigenvalue weighted by Gasteiger charge is 2.31. The summed E-state index contributed by atoms with van der Waals surface area (Å²) in [6.07, 6.45) is -0.0596. The smallest absolute Gasteiger partial charge is 0.252 e. The molecule has 7 heteroatoms. The number of nitrogens with one attached hydrogen (secondary N) is 3. The minimum atomic E-state index is -0.848. The Morgan fingerprint density at radius 2 is 2.05 bits per heavy atom. The Labute approximate surface area is 114 Å². The number of imide groups is 1. The third-order valence-electron chi connectivity index (χ3n) is 2.72. The van der Waals surface area contributed by atoms with Gasteiger partial charge in [0.1, 0.15) is 6.04 Å². The number of hydrogen-bond acceptors (Lipinski definition) is 4. The summed E-state index contributed by atoms with van der Waals surface area (Å²) in [5, 5.41) is 7.14. The molecule has 1 atom stereocenters. The molecular weight excluding hydrogens is 262 g/mol. The molecule has 1 fully saturated rings. The Hall–Kier alpha value is -2.70. The summed E-state index contributed by atoms with van der Waals surface area (Å²) in [6, 6.07) is 5.45. The third-order valence-corrected chi connectivity index (χ3v) is 2.72. The summed E-state index contributed by atoms with van der Waals surface area (Å²) in [5.41, 5.74) is 0.778. The third kappa shape index (κ3) is 3.19. The second-order valence-corrected chi connectivity index (χ2v) is 4.40. The van der Waals surface area contributed by atoms with E-state index in [9.17, 15) is 19.2 Å². The summed E-state index contributed by atoms with van der Waals surface area (Å²) in [6.45, 7) is 1.36. The van der Waals surface area contributed by atoms with Crippen LogP contribution in [0.5, 0.6) is 0 Å². The van der Waals surface area contributed by atoms with E-state index in [1.165, 1.54) is 13.0 Å². The molecule has 4 amide bonds. The molecule has 0 radical (unpaired) electrons. The molecule has 1 aromatic carbocycles. The molecule has 0 bridgehead atoms. The maximum Gasteiger partial charge on any atom is 0.252 e. The molecule has 3 N–H and O–H groups in total. The summed E-state index contributed by atoms with van der Waals surface area (Å²) in [4.78, 5) is 45.3. The topological polar surface area (TPSA) is 104 Å². The predicted molar refractivity (Wildman–Crippen MR) is 69.8 cm³/mol. The molecule has 7 nitrogen and oxygen atoms in total. The van der Waals surface area contributed by atoms with Gasteiger partial charge >= 0.3 is 0 Å². The lowest BCUT2D eigenvalue weighted by Crippen LogP contribution is -2.40. The van der Waals surface area contributed by atoms with Crippen LogP contribution in [-0.4, -0.2) is 29.7 Å². The van der Waals surface area contributed by atoms with E-state index < -0.39 is 23.8 Å². The minimum absolute atomic E-state index is 0.0596. The van der Waals surface area contributed by atoms with Gasteiger partial charge in [-0.3, -0.25) is 24.5 Å². The second kappa shape index (κ2) is 5.52. The molecule has 0 spiro atoms. The first kappa shape index (κ1) is 13.7. The normalized spacial score (nSPS) is 17.6. The monoisotopic (exact) mass is 275 g/mol. The fourth-order valence-corrected chi connectivity index (χ4v) is 1.85. The van der Waals surface area contributed by atoms with Crippen LogP contribution in [0.1, 0.15) is 23.7 Å². The lowest BCUT2D eigenvalue weighted by molar-refractivity contribution is -0.125. The van der Waals surface area contributed by atoms with Gasteiger partial charge in [0.25, 0.3) is 5.91 Å². The molecule has 1 aromatic rings. The van der Waals surface area contributed by atoms with Gasteiger partial charge in [0.15, 0.2) is 0 Å². The Balaban J connectivity index is 2.07. The first-order chi connectivity index (χ1) is 9.45. The Morgan fingerprint density at radius 3 is 2.65 bits per heavy atom. The van der Waals surface area contributed by atoms with Gasteiger partial charge in [0, 0.05) is 18.2 Å². The van der Waals surface area contributed by atoms with E-state index in [2.05, 4.69) is 16.0 Å². The van der Waals surface area contributed by atoms with Crippen molar-refractivity contribution in [1.82, 2.24) is 10.6 Å². The number of carbonyl (C=O) groups excluding carboxylic acids is 4. The van der Waals surface area contributed by atoms with Crippen molar-refractivity contribution in [3.8, 4) is 0 Å². The predicted octanol–water partition coefficient (Wildman–Crippen LogP) is -0.210. The van der Waals surface area contributed by atoms with Crippen LogP contribution >= 0.6 is 0 Å². The fraction of sp³-hybridized carbons (Fsp3) is 0.231. The molecule has 0 aliphatic carbocycles. The van der Waals surface area contributed by atoms with Crippen molar-refractivity contribution >= 4 is 29.3 Å². The first-order valence-corrected chi connectivity index (χ1v) is 5.98. The van der Waals surface area contributed by atoms with Gasteiger partial charge in [-0.1, -0.05) is 6.07 Å². The molecule has 1 aliphatic heterocycles. The van der Waals surface area contributed by atoms with Crippen molar-refractivity contribution in [2.45, 2.75) is 19.4 Å². The van der Waals surface area contributed by atoms with Crippen molar-refractivity contribution in [3.05, 3.63) is 29.8 Å². The van der Waals surface area contributed by atoms with E-state index in [1.807, 2.05) is 0 Å². The molecule has 104 valence electrons. The van der Waals surface area contributed by atoms with Gasteiger partial charge in [0.2, 0.25) is 17.7 Å². The zero-order valence-electron chi connectivity index (χ0n) is 10.7. The highest BCUT2D eigenvalue weighted by molar-refractivity contribution is 6.08. The molecule has 1 unspecified atom stereocenters.